The average Bonchev–Trinajstić information content (AvgIpc) is 2.91. The number of aliphatic imine (C=N–C) groups is 1. The molecular formula is C15H27N2O6SSi-. The summed E-state index contributed by atoms with van der Waals surface area (Å²) in [7, 11) is -0.704. The maximum atomic E-state index is 11.0. The molecule has 2 aliphatic rings. The molecule has 25 heavy (non-hydrogen) atoms. The van der Waals surface area contributed by atoms with Crippen molar-refractivity contribution in [1.82, 2.24) is 4.90 Å². The molecule has 5 atom stereocenters. The van der Waals surface area contributed by atoms with Crippen molar-refractivity contribution in [2.75, 3.05) is 13.7 Å². The third-order valence-corrected chi connectivity index (χ3v) is 10.8. The first-order valence-corrected chi connectivity index (χ1v) is 12.0. The predicted octanol–water partition coefficient (Wildman–Crippen LogP) is 0.201. The quantitative estimate of drug-likeness (QED) is 0.661. The number of hydrogen-bond donors (Lipinski definition) is 2. The van der Waals surface area contributed by atoms with Gasteiger partial charge >= 0.3 is 0 Å². The van der Waals surface area contributed by atoms with Crippen LogP contribution in [0.25, 0.3) is 0 Å². The Morgan fingerprint density at radius 3 is 2.52 bits per heavy atom. The smallest absolute Gasteiger partial charge is 0.192 e. The van der Waals surface area contributed by atoms with E-state index in [-0.39, 0.29) is 16.8 Å². The summed E-state index contributed by atoms with van der Waals surface area (Å²) in [5.41, 5.74) is -0.566. The summed E-state index contributed by atoms with van der Waals surface area (Å²) in [6.45, 7) is 10.7. The van der Waals surface area contributed by atoms with Crippen molar-refractivity contribution in [3.05, 3.63) is 0 Å². The second-order valence-corrected chi connectivity index (χ2v) is 13.8. The number of amides is 1. The second kappa shape index (κ2) is 7.16. The van der Waals surface area contributed by atoms with E-state index in [1.165, 1.54) is 7.05 Å². The van der Waals surface area contributed by atoms with Crippen LogP contribution in [-0.2, 0) is 9.16 Å². The van der Waals surface area contributed by atoms with Crippen molar-refractivity contribution in [2.45, 2.75) is 68.7 Å². The summed E-state index contributed by atoms with van der Waals surface area (Å²) in [6.07, 6.45) is -4.38. The van der Waals surface area contributed by atoms with Crippen LogP contribution in [0.1, 0.15) is 20.8 Å². The van der Waals surface area contributed by atoms with Crippen molar-refractivity contribution in [3.63, 3.8) is 0 Å². The van der Waals surface area contributed by atoms with Gasteiger partial charge in [-0.1, -0.05) is 32.5 Å². The first-order valence-electron chi connectivity index (χ1n) is 8.20. The molecule has 0 bridgehead atoms. The normalized spacial score (nSPS) is 33.0. The van der Waals surface area contributed by atoms with E-state index in [4.69, 9.17) is 9.16 Å². The number of carbonyl (C=O) groups is 1. The Balaban J connectivity index is 2.04. The zero-order chi connectivity index (χ0) is 19.2. The number of fused-ring (bicyclic) bond motifs is 1. The number of carbonyl (C=O) groups excluding carboxylic acids is 1. The zero-order valence-electron chi connectivity index (χ0n) is 15.4. The van der Waals surface area contributed by atoms with Gasteiger partial charge in [-0.25, -0.2) is 0 Å². The van der Waals surface area contributed by atoms with E-state index >= 15 is 0 Å². The van der Waals surface area contributed by atoms with Crippen LogP contribution < -0.4 is 5.11 Å². The lowest BCUT2D eigenvalue weighted by molar-refractivity contribution is -0.259. The number of aliphatic hydroxyl groups excluding tert-OH is 2. The second-order valence-electron chi connectivity index (χ2n) is 7.94. The lowest BCUT2D eigenvalue weighted by Crippen LogP contribution is -2.57. The third-order valence-electron chi connectivity index (χ3n) is 5.13. The molecule has 1 saturated heterocycles. The molecule has 2 N–H and O–H groups in total. The topological polar surface area (TPSA) is 115 Å². The summed E-state index contributed by atoms with van der Waals surface area (Å²) >= 11 is 1.10. The molecule has 1 fully saturated rings. The highest BCUT2D eigenvalue weighted by molar-refractivity contribution is 8.14. The molecule has 0 saturated carbocycles. The number of ether oxygens (including phenoxy) is 1. The number of thioether (sulfide) groups is 1. The Bertz CT molecular complexity index is 553. The van der Waals surface area contributed by atoms with E-state index in [2.05, 4.69) is 38.9 Å². The summed E-state index contributed by atoms with van der Waals surface area (Å²) in [4.78, 5) is 16.0. The van der Waals surface area contributed by atoms with Gasteiger partial charge < -0.3 is 34.2 Å². The molecule has 0 aromatic carbocycles. The minimum absolute atomic E-state index is 0.0172. The van der Waals surface area contributed by atoms with Gasteiger partial charge in [0.25, 0.3) is 0 Å². The molecule has 0 aromatic heterocycles. The fourth-order valence-corrected chi connectivity index (χ4v) is 4.50. The molecule has 0 unspecified atom stereocenters. The largest absolute Gasteiger partial charge is 0.530 e. The lowest BCUT2D eigenvalue weighted by atomic mass is 9.99. The van der Waals surface area contributed by atoms with Crippen molar-refractivity contribution in [3.8, 4) is 0 Å². The molecular weight excluding hydrogens is 364 g/mol. The van der Waals surface area contributed by atoms with Crippen LogP contribution in [0, 0.1) is 0 Å². The number of hydrogen-bond acceptors (Lipinski definition) is 8. The first-order chi connectivity index (χ1) is 11.3. The summed E-state index contributed by atoms with van der Waals surface area (Å²) < 4.78 is 12.0. The molecule has 2 heterocycles. The molecule has 2 rings (SSSR count). The standard InChI is InChI=1S/C15H28N2O6SSi/c1-15(2,3)25(5,6)22-7-8-10(18)11(19)9-12(23-8)24-13(16-9)17(4)14(20)21/h8-12,18-19H,7H2,1-6H3,(H,20,21)/p-1/t8-,9-,10-,11-,12-/m1/s1. The monoisotopic (exact) mass is 391 g/mol. The van der Waals surface area contributed by atoms with Crippen LogP contribution in [0.5, 0.6) is 0 Å². The van der Waals surface area contributed by atoms with Gasteiger partial charge in [-0.2, -0.15) is 0 Å². The van der Waals surface area contributed by atoms with Gasteiger partial charge in [-0.05, 0) is 18.1 Å². The number of aliphatic hydroxyl groups is 2. The minimum Gasteiger partial charge on any atom is -0.530 e. The highest BCUT2D eigenvalue weighted by Gasteiger charge is 2.49. The number of carboxylic acid groups (broad SMARTS) is 1. The van der Waals surface area contributed by atoms with E-state index < -0.39 is 44.2 Å². The van der Waals surface area contributed by atoms with Gasteiger partial charge in [-0.3, -0.25) is 4.99 Å². The lowest BCUT2D eigenvalue weighted by Gasteiger charge is -2.41. The Labute approximate surface area is 153 Å². The zero-order valence-corrected chi connectivity index (χ0v) is 17.2. The van der Waals surface area contributed by atoms with Crippen LogP contribution in [0.3, 0.4) is 0 Å². The van der Waals surface area contributed by atoms with Crippen LogP contribution in [0.15, 0.2) is 4.99 Å². The van der Waals surface area contributed by atoms with Crippen LogP contribution in [0.2, 0.25) is 18.1 Å². The van der Waals surface area contributed by atoms with Gasteiger partial charge in [0, 0.05) is 7.05 Å². The first kappa shape index (κ1) is 20.7. The highest BCUT2D eigenvalue weighted by Crippen LogP contribution is 2.39. The number of rotatable bonds is 3. The van der Waals surface area contributed by atoms with E-state index in [0.717, 1.165) is 16.7 Å². The fourth-order valence-electron chi connectivity index (χ4n) is 2.30. The maximum Gasteiger partial charge on any atom is 0.192 e. The molecule has 8 nitrogen and oxygen atoms in total. The maximum absolute atomic E-state index is 11.0. The van der Waals surface area contributed by atoms with Gasteiger partial charge in [0.05, 0.1) is 6.61 Å². The van der Waals surface area contributed by atoms with Crippen LogP contribution in [-0.4, -0.2) is 78.1 Å². The average molecular weight is 392 g/mol. The van der Waals surface area contributed by atoms with Crippen molar-refractivity contribution in [2.24, 2.45) is 4.99 Å². The third kappa shape index (κ3) is 4.20. The Kier molecular flexibility index (Phi) is 5.92. The molecule has 144 valence electrons. The predicted molar refractivity (Wildman–Crippen MR) is 95.8 cm³/mol. The molecule has 0 aromatic rings. The van der Waals surface area contributed by atoms with Gasteiger partial charge in [0.2, 0.25) is 0 Å². The van der Waals surface area contributed by atoms with Crippen LogP contribution in [0.4, 0.5) is 4.79 Å². The molecule has 10 heteroatoms. The van der Waals surface area contributed by atoms with Gasteiger partial charge in [0.15, 0.2) is 13.5 Å². The molecule has 0 aliphatic carbocycles. The molecule has 2 aliphatic heterocycles. The van der Waals surface area contributed by atoms with E-state index in [9.17, 15) is 20.1 Å². The van der Waals surface area contributed by atoms with Gasteiger partial charge in [0.1, 0.15) is 35.9 Å². The molecule has 1 amide bonds. The fraction of sp³-hybridized carbons (Fsp3) is 0.867. The van der Waals surface area contributed by atoms with E-state index in [1.54, 1.807) is 0 Å². The SMILES string of the molecule is CN(C(=O)[O-])C1=N[C@@H]2[C@@H](O)[C@H](O)[C@@H](CO[Si](C)(C)C(C)(C)C)O[C@@H]2S1. The Hall–Kier alpha value is -0.653. The minimum atomic E-state index is -2.02. The number of nitrogens with zero attached hydrogens (tertiary/aromatic N) is 2. The van der Waals surface area contributed by atoms with Crippen molar-refractivity contribution in [1.29, 1.82) is 0 Å². The highest BCUT2D eigenvalue weighted by atomic mass is 32.2. The van der Waals surface area contributed by atoms with E-state index in [1.807, 2.05) is 0 Å². The van der Waals surface area contributed by atoms with Gasteiger partial charge in [-0.15, -0.1) is 0 Å². The Morgan fingerprint density at radius 1 is 1.40 bits per heavy atom. The number of amidine groups is 1. The molecule has 0 spiro atoms. The summed E-state index contributed by atoms with van der Waals surface area (Å²) in [5.74, 6) is 0. The Morgan fingerprint density at radius 2 is 2.00 bits per heavy atom. The summed E-state index contributed by atoms with van der Waals surface area (Å²) in [5, 5.41) is 31.9. The van der Waals surface area contributed by atoms with Crippen molar-refractivity contribution < 1.29 is 29.3 Å². The van der Waals surface area contributed by atoms with Crippen molar-refractivity contribution >= 4 is 31.3 Å². The van der Waals surface area contributed by atoms with E-state index in [0.29, 0.717) is 0 Å². The molecule has 0 radical (unpaired) electrons. The van der Waals surface area contributed by atoms with Crippen LogP contribution >= 0.6 is 11.8 Å². The summed E-state index contributed by atoms with van der Waals surface area (Å²) in [6, 6.07) is -0.721.